The SMILES string of the molecule is CC(C)(C)CC(=O)N1CCN(c2ccc(N3CCCC3)nn2)CC1. The second-order valence-electron chi connectivity index (χ2n) is 8.05. The van der Waals surface area contributed by atoms with Gasteiger partial charge in [0.15, 0.2) is 11.6 Å². The smallest absolute Gasteiger partial charge is 0.223 e. The molecule has 6 heteroatoms. The van der Waals surface area contributed by atoms with Gasteiger partial charge in [-0.1, -0.05) is 20.8 Å². The third-order valence-electron chi connectivity index (χ3n) is 4.70. The summed E-state index contributed by atoms with van der Waals surface area (Å²) in [5.41, 5.74) is 0.0467. The van der Waals surface area contributed by atoms with Gasteiger partial charge >= 0.3 is 0 Å². The number of nitrogens with zero attached hydrogens (tertiary/aromatic N) is 5. The maximum Gasteiger partial charge on any atom is 0.223 e. The molecule has 2 aliphatic heterocycles. The molecule has 0 aliphatic carbocycles. The number of amides is 1. The second-order valence-corrected chi connectivity index (χ2v) is 8.05. The molecule has 2 saturated heterocycles. The summed E-state index contributed by atoms with van der Waals surface area (Å²) in [7, 11) is 0. The average molecular weight is 331 g/mol. The molecular formula is C18H29N5O. The summed E-state index contributed by atoms with van der Waals surface area (Å²) in [6.45, 7) is 11.7. The van der Waals surface area contributed by atoms with Crippen LogP contribution in [0.2, 0.25) is 0 Å². The Hall–Kier alpha value is -1.85. The quantitative estimate of drug-likeness (QED) is 0.849. The minimum Gasteiger partial charge on any atom is -0.355 e. The Labute approximate surface area is 144 Å². The van der Waals surface area contributed by atoms with Crippen LogP contribution >= 0.6 is 0 Å². The van der Waals surface area contributed by atoms with E-state index in [1.807, 2.05) is 4.90 Å². The first kappa shape index (κ1) is 17.0. The molecule has 0 atom stereocenters. The highest BCUT2D eigenvalue weighted by Gasteiger charge is 2.25. The van der Waals surface area contributed by atoms with Crippen molar-refractivity contribution in [3.05, 3.63) is 12.1 Å². The van der Waals surface area contributed by atoms with Gasteiger partial charge in [0.25, 0.3) is 0 Å². The zero-order chi connectivity index (χ0) is 17.2. The number of aromatic nitrogens is 2. The Morgan fingerprint density at radius 1 is 0.917 bits per heavy atom. The molecule has 0 unspecified atom stereocenters. The van der Waals surface area contributed by atoms with Crippen LogP contribution in [0.3, 0.4) is 0 Å². The zero-order valence-electron chi connectivity index (χ0n) is 15.2. The monoisotopic (exact) mass is 331 g/mol. The lowest BCUT2D eigenvalue weighted by Gasteiger charge is -2.36. The Balaban J connectivity index is 1.53. The standard InChI is InChI=1S/C18H29N5O/c1-18(2,3)14-17(24)23-12-10-22(11-13-23)16-7-6-15(19-20-16)21-8-4-5-9-21/h6-7H,4-5,8-14H2,1-3H3. The normalized spacial score (nSPS) is 19.0. The predicted octanol–water partition coefficient (Wildman–Crippen LogP) is 2.16. The predicted molar refractivity (Wildman–Crippen MR) is 96.3 cm³/mol. The zero-order valence-corrected chi connectivity index (χ0v) is 15.2. The lowest BCUT2D eigenvalue weighted by molar-refractivity contribution is -0.133. The highest BCUT2D eigenvalue weighted by molar-refractivity contribution is 5.77. The molecular weight excluding hydrogens is 302 g/mol. The van der Waals surface area contributed by atoms with E-state index in [9.17, 15) is 4.79 Å². The highest BCUT2D eigenvalue weighted by atomic mass is 16.2. The van der Waals surface area contributed by atoms with Crippen molar-refractivity contribution in [1.29, 1.82) is 0 Å². The third-order valence-corrected chi connectivity index (χ3v) is 4.70. The number of rotatable bonds is 3. The van der Waals surface area contributed by atoms with E-state index < -0.39 is 0 Å². The molecule has 0 saturated carbocycles. The lowest BCUT2D eigenvalue weighted by atomic mass is 9.91. The van der Waals surface area contributed by atoms with E-state index in [0.29, 0.717) is 6.42 Å². The Kier molecular flexibility index (Phi) is 4.92. The van der Waals surface area contributed by atoms with Crippen LogP contribution in [-0.2, 0) is 4.79 Å². The number of carbonyl (C=O) groups is 1. The van der Waals surface area contributed by atoms with Gasteiger partial charge in [-0.15, -0.1) is 10.2 Å². The van der Waals surface area contributed by atoms with Gasteiger partial charge < -0.3 is 14.7 Å². The maximum atomic E-state index is 12.3. The molecule has 0 N–H and O–H groups in total. The fraction of sp³-hybridized carbons (Fsp3) is 0.722. The van der Waals surface area contributed by atoms with Crippen molar-refractivity contribution in [3.8, 4) is 0 Å². The molecule has 132 valence electrons. The van der Waals surface area contributed by atoms with Crippen LogP contribution in [0, 0.1) is 5.41 Å². The summed E-state index contributed by atoms with van der Waals surface area (Å²) in [6, 6.07) is 4.14. The summed E-state index contributed by atoms with van der Waals surface area (Å²) < 4.78 is 0. The van der Waals surface area contributed by atoms with Crippen LogP contribution < -0.4 is 9.80 Å². The maximum absolute atomic E-state index is 12.3. The van der Waals surface area contributed by atoms with Gasteiger partial charge in [0.1, 0.15) is 0 Å². The molecule has 0 spiro atoms. The van der Waals surface area contributed by atoms with E-state index in [0.717, 1.165) is 50.9 Å². The Morgan fingerprint density at radius 2 is 1.42 bits per heavy atom. The summed E-state index contributed by atoms with van der Waals surface area (Å²) in [6.07, 6.45) is 3.10. The molecule has 24 heavy (non-hydrogen) atoms. The van der Waals surface area contributed by atoms with E-state index >= 15 is 0 Å². The Bertz CT molecular complexity index is 552. The van der Waals surface area contributed by atoms with Crippen LogP contribution in [0.15, 0.2) is 12.1 Å². The van der Waals surface area contributed by atoms with E-state index in [1.165, 1.54) is 12.8 Å². The summed E-state index contributed by atoms with van der Waals surface area (Å²) >= 11 is 0. The molecule has 1 aromatic rings. The minimum absolute atomic E-state index is 0.0467. The van der Waals surface area contributed by atoms with Gasteiger partial charge in [-0.05, 0) is 30.4 Å². The molecule has 3 heterocycles. The van der Waals surface area contributed by atoms with Gasteiger partial charge in [-0.25, -0.2) is 0 Å². The molecule has 3 rings (SSSR count). The van der Waals surface area contributed by atoms with E-state index in [1.54, 1.807) is 0 Å². The lowest BCUT2D eigenvalue weighted by Crippen LogP contribution is -2.49. The van der Waals surface area contributed by atoms with Crippen molar-refractivity contribution in [3.63, 3.8) is 0 Å². The first-order valence-corrected chi connectivity index (χ1v) is 9.04. The molecule has 0 aromatic carbocycles. The molecule has 1 amide bonds. The Morgan fingerprint density at radius 3 is 1.88 bits per heavy atom. The number of hydrogen-bond acceptors (Lipinski definition) is 5. The van der Waals surface area contributed by atoms with Crippen molar-refractivity contribution in [2.75, 3.05) is 49.1 Å². The summed E-state index contributed by atoms with van der Waals surface area (Å²) in [5, 5.41) is 8.80. The average Bonchev–Trinajstić information content (AvgIpc) is 3.08. The van der Waals surface area contributed by atoms with Crippen LogP contribution in [0.4, 0.5) is 11.6 Å². The molecule has 6 nitrogen and oxygen atoms in total. The highest BCUT2D eigenvalue weighted by Crippen LogP contribution is 2.22. The molecule has 2 aliphatic rings. The van der Waals surface area contributed by atoms with E-state index in [2.05, 4.69) is 52.9 Å². The van der Waals surface area contributed by atoms with E-state index in [4.69, 9.17) is 0 Å². The minimum atomic E-state index is 0.0467. The number of carbonyl (C=O) groups excluding carboxylic acids is 1. The number of hydrogen-bond donors (Lipinski definition) is 0. The van der Waals surface area contributed by atoms with Gasteiger partial charge in [-0.3, -0.25) is 4.79 Å². The fourth-order valence-corrected chi connectivity index (χ4v) is 3.35. The summed E-state index contributed by atoms with van der Waals surface area (Å²) in [4.78, 5) is 18.8. The van der Waals surface area contributed by atoms with Gasteiger partial charge in [0.2, 0.25) is 5.91 Å². The summed E-state index contributed by atoms with van der Waals surface area (Å²) in [5.74, 6) is 2.16. The van der Waals surface area contributed by atoms with Gasteiger partial charge in [0, 0.05) is 45.7 Å². The molecule has 0 radical (unpaired) electrons. The fourth-order valence-electron chi connectivity index (χ4n) is 3.35. The van der Waals surface area contributed by atoms with Crippen molar-refractivity contribution in [2.24, 2.45) is 5.41 Å². The number of piperazine rings is 1. The van der Waals surface area contributed by atoms with Crippen molar-refractivity contribution in [2.45, 2.75) is 40.0 Å². The van der Waals surface area contributed by atoms with Crippen molar-refractivity contribution in [1.82, 2.24) is 15.1 Å². The van der Waals surface area contributed by atoms with Crippen LogP contribution in [0.1, 0.15) is 40.0 Å². The van der Waals surface area contributed by atoms with E-state index in [-0.39, 0.29) is 11.3 Å². The number of anilines is 2. The van der Waals surface area contributed by atoms with Crippen LogP contribution in [0.5, 0.6) is 0 Å². The molecule has 1 aromatic heterocycles. The molecule has 2 fully saturated rings. The first-order chi connectivity index (χ1) is 11.4. The first-order valence-electron chi connectivity index (χ1n) is 9.04. The van der Waals surface area contributed by atoms with Crippen molar-refractivity contribution >= 4 is 17.5 Å². The largest absolute Gasteiger partial charge is 0.355 e. The van der Waals surface area contributed by atoms with Crippen LogP contribution in [-0.4, -0.2) is 60.3 Å². The van der Waals surface area contributed by atoms with Gasteiger partial charge in [0.05, 0.1) is 0 Å². The van der Waals surface area contributed by atoms with Gasteiger partial charge in [-0.2, -0.15) is 0 Å². The van der Waals surface area contributed by atoms with Crippen LogP contribution in [0.25, 0.3) is 0 Å². The second kappa shape index (κ2) is 6.95. The third kappa shape index (κ3) is 4.16. The molecule has 0 bridgehead atoms. The topological polar surface area (TPSA) is 52.6 Å². The van der Waals surface area contributed by atoms with Crippen molar-refractivity contribution < 1.29 is 4.79 Å².